The molecule has 0 N–H and O–H groups in total. The topological polar surface area (TPSA) is 68.7 Å². The van der Waals surface area contributed by atoms with Gasteiger partial charge in [0, 0.05) is 24.8 Å². The molecule has 158 valence electrons. The Morgan fingerprint density at radius 3 is 2.50 bits per heavy atom. The van der Waals surface area contributed by atoms with Gasteiger partial charge in [0.2, 0.25) is 0 Å². The highest BCUT2D eigenvalue weighted by molar-refractivity contribution is 5.91. The molecule has 1 aliphatic rings. The van der Waals surface area contributed by atoms with Crippen LogP contribution >= 0.6 is 0 Å². The lowest BCUT2D eigenvalue weighted by Crippen LogP contribution is -2.39. The van der Waals surface area contributed by atoms with Crippen LogP contribution in [0.15, 0.2) is 42.6 Å². The number of pyridine rings is 1. The smallest absolute Gasteiger partial charge is 0.410 e. The summed E-state index contributed by atoms with van der Waals surface area (Å²) in [6, 6.07) is 9.58. The fraction of sp³-hybridized carbons (Fsp3) is 0.375. The number of methoxy groups -OCH3 is 1. The van der Waals surface area contributed by atoms with E-state index in [4.69, 9.17) is 9.47 Å². The zero-order chi connectivity index (χ0) is 21.9. The van der Waals surface area contributed by atoms with Gasteiger partial charge in [0.15, 0.2) is 0 Å². The molecular formula is C24H28N2O4. The Bertz CT molecular complexity index is 989. The van der Waals surface area contributed by atoms with Gasteiger partial charge in [0.05, 0.1) is 18.4 Å². The number of hydrogen-bond donors (Lipinski definition) is 0. The third-order valence-electron chi connectivity index (χ3n) is 4.79. The summed E-state index contributed by atoms with van der Waals surface area (Å²) in [6.07, 6.45) is 4.28. The first-order valence-corrected chi connectivity index (χ1v) is 10.00. The lowest BCUT2D eigenvalue weighted by Gasteiger charge is -2.29. The standard InChI is InChI=1S/C24H28N2O4/c1-16-12-19(14-20(13-16)22(27)29-5)21-15-18(6-9-25-21)17-7-10-26(11-8-17)23(28)30-24(2,3)4/h6-7,9,12-15H,8,10-11H2,1-5H3. The molecular weight excluding hydrogens is 380 g/mol. The van der Waals surface area contributed by atoms with Crippen LogP contribution < -0.4 is 0 Å². The maximum absolute atomic E-state index is 12.3. The molecule has 1 aliphatic heterocycles. The van der Waals surface area contributed by atoms with Gasteiger partial charge in [-0.2, -0.15) is 0 Å². The van der Waals surface area contributed by atoms with E-state index in [0.717, 1.165) is 28.8 Å². The van der Waals surface area contributed by atoms with Gasteiger partial charge in [-0.1, -0.05) is 6.08 Å². The number of ether oxygens (including phenoxy) is 2. The third-order valence-corrected chi connectivity index (χ3v) is 4.79. The molecule has 0 aliphatic carbocycles. The summed E-state index contributed by atoms with van der Waals surface area (Å²) in [6.45, 7) is 8.66. The maximum atomic E-state index is 12.3. The van der Waals surface area contributed by atoms with Crippen LogP contribution in [0.2, 0.25) is 0 Å². The largest absolute Gasteiger partial charge is 0.465 e. The van der Waals surface area contributed by atoms with Crippen molar-refractivity contribution in [3.05, 3.63) is 59.3 Å². The summed E-state index contributed by atoms with van der Waals surface area (Å²) in [4.78, 5) is 30.4. The minimum Gasteiger partial charge on any atom is -0.465 e. The molecule has 30 heavy (non-hydrogen) atoms. The number of esters is 1. The van der Waals surface area contributed by atoms with Crippen LogP contribution in [0, 0.1) is 6.92 Å². The summed E-state index contributed by atoms with van der Waals surface area (Å²) in [5.41, 5.74) is 4.84. The normalized spacial score (nSPS) is 14.2. The molecule has 6 heteroatoms. The number of amides is 1. The van der Waals surface area contributed by atoms with Crippen LogP contribution in [0.5, 0.6) is 0 Å². The van der Waals surface area contributed by atoms with Crippen molar-refractivity contribution in [1.29, 1.82) is 0 Å². The Labute approximate surface area is 177 Å². The molecule has 0 radical (unpaired) electrons. The van der Waals surface area contributed by atoms with Crippen molar-refractivity contribution in [3.8, 4) is 11.3 Å². The maximum Gasteiger partial charge on any atom is 0.410 e. The van der Waals surface area contributed by atoms with Crippen molar-refractivity contribution < 1.29 is 19.1 Å². The molecule has 0 spiro atoms. The van der Waals surface area contributed by atoms with Crippen molar-refractivity contribution in [1.82, 2.24) is 9.88 Å². The Hall–Kier alpha value is -3.15. The number of carbonyl (C=O) groups is 2. The second kappa shape index (κ2) is 8.69. The quantitative estimate of drug-likeness (QED) is 0.678. The molecule has 0 unspecified atom stereocenters. The van der Waals surface area contributed by atoms with E-state index >= 15 is 0 Å². The van der Waals surface area contributed by atoms with Crippen LogP contribution in [-0.4, -0.2) is 47.7 Å². The van der Waals surface area contributed by atoms with Gasteiger partial charge in [0.25, 0.3) is 0 Å². The zero-order valence-electron chi connectivity index (χ0n) is 18.2. The molecule has 3 rings (SSSR count). The minimum atomic E-state index is -0.502. The van der Waals surface area contributed by atoms with Gasteiger partial charge in [-0.15, -0.1) is 0 Å². The molecule has 6 nitrogen and oxygen atoms in total. The van der Waals surface area contributed by atoms with E-state index < -0.39 is 5.60 Å². The van der Waals surface area contributed by atoms with E-state index in [2.05, 4.69) is 11.1 Å². The zero-order valence-corrected chi connectivity index (χ0v) is 18.2. The molecule has 0 saturated carbocycles. The lowest BCUT2D eigenvalue weighted by molar-refractivity contribution is 0.0270. The van der Waals surface area contributed by atoms with Crippen LogP contribution in [0.25, 0.3) is 16.8 Å². The predicted molar refractivity (Wildman–Crippen MR) is 116 cm³/mol. The number of benzene rings is 1. The van der Waals surface area contributed by atoms with Crippen molar-refractivity contribution in [3.63, 3.8) is 0 Å². The fourth-order valence-electron chi connectivity index (χ4n) is 3.38. The van der Waals surface area contributed by atoms with E-state index in [1.54, 1.807) is 23.2 Å². The van der Waals surface area contributed by atoms with E-state index in [-0.39, 0.29) is 12.1 Å². The Morgan fingerprint density at radius 2 is 1.87 bits per heavy atom. The summed E-state index contributed by atoms with van der Waals surface area (Å²) < 4.78 is 10.3. The van der Waals surface area contributed by atoms with Crippen LogP contribution in [-0.2, 0) is 9.47 Å². The third kappa shape index (κ3) is 5.26. The SMILES string of the molecule is COC(=O)c1cc(C)cc(-c2cc(C3=CCN(C(=O)OC(C)(C)C)CC3)ccn2)c1. The second-order valence-electron chi connectivity index (χ2n) is 8.41. The van der Waals surface area contributed by atoms with Crippen LogP contribution in [0.3, 0.4) is 0 Å². The summed E-state index contributed by atoms with van der Waals surface area (Å²) in [7, 11) is 1.37. The molecule has 0 saturated heterocycles. The Kier molecular flexibility index (Phi) is 6.25. The molecule has 1 amide bonds. The first-order chi connectivity index (χ1) is 14.2. The fourth-order valence-corrected chi connectivity index (χ4v) is 3.38. The predicted octanol–water partition coefficient (Wildman–Crippen LogP) is 4.87. The molecule has 1 aromatic heterocycles. The van der Waals surface area contributed by atoms with Gasteiger partial charge in [0.1, 0.15) is 5.60 Å². The molecule has 0 fully saturated rings. The Morgan fingerprint density at radius 1 is 1.10 bits per heavy atom. The van der Waals surface area contributed by atoms with Crippen LogP contribution in [0.1, 0.15) is 48.7 Å². The number of rotatable bonds is 3. The number of aromatic nitrogens is 1. The highest BCUT2D eigenvalue weighted by atomic mass is 16.6. The second-order valence-corrected chi connectivity index (χ2v) is 8.41. The number of nitrogens with zero attached hydrogens (tertiary/aromatic N) is 2. The molecule has 2 aromatic rings. The van der Waals surface area contributed by atoms with Crippen molar-refractivity contribution >= 4 is 17.6 Å². The average Bonchev–Trinajstić information content (AvgIpc) is 2.71. The minimum absolute atomic E-state index is 0.289. The van der Waals surface area contributed by atoms with Gasteiger partial charge in [-0.05, 0) is 81.1 Å². The van der Waals surface area contributed by atoms with Crippen molar-refractivity contribution in [2.75, 3.05) is 20.2 Å². The van der Waals surface area contributed by atoms with Gasteiger partial charge in [-0.25, -0.2) is 9.59 Å². The van der Waals surface area contributed by atoms with Crippen molar-refractivity contribution in [2.45, 2.75) is 39.7 Å². The molecule has 0 atom stereocenters. The number of hydrogen-bond acceptors (Lipinski definition) is 5. The van der Waals surface area contributed by atoms with Gasteiger partial charge < -0.3 is 14.4 Å². The number of aryl methyl sites for hydroxylation is 1. The first kappa shape index (κ1) is 21.6. The summed E-state index contributed by atoms with van der Waals surface area (Å²) >= 11 is 0. The van der Waals surface area contributed by atoms with Gasteiger partial charge >= 0.3 is 12.1 Å². The Balaban J connectivity index is 1.81. The van der Waals surface area contributed by atoms with E-state index in [1.165, 1.54) is 12.7 Å². The molecule has 1 aromatic carbocycles. The monoisotopic (exact) mass is 408 g/mol. The summed E-state index contributed by atoms with van der Waals surface area (Å²) in [5.74, 6) is -0.367. The number of carbonyl (C=O) groups excluding carboxylic acids is 2. The van der Waals surface area contributed by atoms with Crippen molar-refractivity contribution in [2.24, 2.45) is 0 Å². The summed E-state index contributed by atoms with van der Waals surface area (Å²) in [5, 5.41) is 0. The lowest BCUT2D eigenvalue weighted by atomic mass is 9.97. The van der Waals surface area contributed by atoms with E-state index in [1.807, 2.05) is 45.9 Å². The molecule has 0 bridgehead atoms. The average molecular weight is 408 g/mol. The van der Waals surface area contributed by atoms with Crippen LogP contribution in [0.4, 0.5) is 4.79 Å². The first-order valence-electron chi connectivity index (χ1n) is 10.00. The van der Waals surface area contributed by atoms with Gasteiger partial charge in [-0.3, -0.25) is 4.98 Å². The highest BCUT2D eigenvalue weighted by Crippen LogP contribution is 2.27. The molecule has 2 heterocycles. The highest BCUT2D eigenvalue weighted by Gasteiger charge is 2.24. The van der Waals surface area contributed by atoms with E-state index in [9.17, 15) is 9.59 Å². The van der Waals surface area contributed by atoms with E-state index in [0.29, 0.717) is 18.7 Å².